The summed E-state index contributed by atoms with van der Waals surface area (Å²) in [5.41, 5.74) is 1.88. The van der Waals surface area contributed by atoms with Crippen LogP contribution in [0.4, 0.5) is 10.5 Å². The molecule has 1 aromatic heterocycles. The minimum absolute atomic E-state index is 0.0850. The fraction of sp³-hybridized carbons (Fsp3) is 0.318. The van der Waals surface area contributed by atoms with Crippen molar-refractivity contribution in [2.75, 3.05) is 6.54 Å². The highest BCUT2D eigenvalue weighted by molar-refractivity contribution is 8.18. The van der Waals surface area contributed by atoms with Crippen LogP contribution in [0.25, 0.3) is 17.4 Å². The summed E-state index contributed by atoms with van der Waals surface area (Å²) in [4.78, 5) is 48.6. The minimum atomic E-state index is -0.662. The van der Waals surface area contributed by atoms with E-state index in [0.717, 1.165) is 16.0 Å². The first-order chi connectivity index (χ1) is 15.1. The predicted octanol–water partition coefficient (Wildman–Crippen LogP) is 4.85. The maximum Gasteiger partial charge on any atom is 0.326 e. The van der Waals surface area contributed by atoms with Crippen LogP contribution in [0.15, 0.2) is 33.6 Å². The molecule has 0 unspecified atom stereocenters. The molecule has 1 aromatic carbocycles. The van der Waals surface area contributed by atoms with E-state index < -0.39 is 28.6 Å². The molecule has 32 heavy (non-hydrogen) atoms. The van der Waals surface area contributed by atoms with Gasteiger partial charge in [0.15, 0.2) is 0 Å². The molecule has 168 valence electrons. The van der Waals surface area contributed by atoms with Gasteiger partial charge < -0.3 is 9.15 Å². The summed E-state index contributed by atoms with van der Waals surface area (Å²) in [5.74, 6) is -0.774. The predicted molar refractivity (Wildman–Crippen MR) is 119 cm³/mol. The number of nitro groups is 1. The Bertz CT molecular complexity index is 1140. The summed E-state index contributed by atoms with van der Waals surface area (Å²) in [5, 5.41) is 10.9. The van der Waals surface area contributed by atoms with Gasteiger partial charge in [0, 0.05) is 12.1 Å². The fourth-order valence-corrected chi connectivity index (χ4v) is 3.78. The lowest BCUT2D eigenvalue weighted by molar-refractivity contribution is -0.384. The summed E-state index contributed by atoms with van der Waals surface area (Å²) >= 11 is 0.683. The highest BCUT2D eigenvalue weighted by Gasteiger charge is 2.37. The van der Waals surface area contributed by atoms with Crippen LogP contribution < -0.4 is 0 Å². The second-order valence-corrected chi connectivity index (χ2v) is 8.38. The molecule has 1 fully saturated rings. The van der Waals surface area contributed by atoms with Gasteiger partial charge >= 0.3 is 5.97 Å². The molecule has 1 aliphatic heterocycles. The van der Waals surface area contributed by atoms with Crippen LogP contribution in [-0.2, 0) is 14.3 Å². The molecule has 0 radical (unpaired) electrons. The van der Waals surface area contributed by atoms with Crippen molar-refractivity contribution in [3.63, 3.8) is 0 Å². The van der Waals surface area contributed by atoms with E-state index in [9.17, 15) is 24.5 Å². The number of nitrogens with zero attached hydrogens (tertiary/aromatic N) is 2. The SMILES string of the molecule is CC[C@@H](C)OC(=O)CN1C(=O)S/C(=C\c2ccc(-c3cc(C)c(C)cc3[N+](=O)[O-])o2)C1=O. The van der Waals surface area contributed by atoms with Crippen LogP contribution in [0.5, 0.6) is 0 Å². The van der Waals surface area contributed by atoms with E-state index in [1.165, 1.54) is 12.1 Å². The molecule has 1 aliphatic rings. The zero-order chi connectivity index (χ0) is 23.6. The van der Waals surface area contributed by atoms with E-state index in [-0.39, 0.29) is 28.2 Å². The molecule has 0 aliphatic carbocycles. The molecule has 3 rings (SSSR count). The summed E-state index contributed by atoms with van der Waals surface area (Å²) < 4.78 is 10.8. The van der Waals surface area contributed by atoms with Gasteiger partial charge in [-0.1, -0.05) is 6.92 Å². The Morgan fingerprint density at radius 1 is 1.28 bits per heavy atom. The number of amides is 2. The summed E-state index contributed by atoms with van der Waals surface area (Å²) in [6.07, 6.45) is 1.68. The van der Waals surface area contributed by atoms with Crippen molar-refractivity contribution < 1.29 is 28.5 Å². The van der Waals surface area contributed by atoms with Crippen LogP contribution in [0.3, 0.4) is 0 Å². The van der Waals surface area contributed by atoms with Gasteiger partial charge in [-0.3, -0.25) is 29.4 Å². The van der Waals surface area contributed by atoms with Crippen LogP contribution in [-0.4, -0.2) is 39.6 Å². The molecule has 0 bridgehead atoms. The second kappa shape index (κ2) is 9.39. The Balaban J connectivity index is 1.82. The van der Waals surface area contributed by atoms with Gasteiger partial charge in [0.2, 0.25) is 0 Å². The van der Waals surface area contributed by atoms with Gasteiger partial charge in [0.1, 0.15) is 18.1 Å². The van der Waals surface area contributed by atoms with Crippen molar-refractivity contribution in [1.29, 1.82) is 0 Å². The number of rotatable bonds is 7. The van der Waals surface area contributed by atoms with Gasteiger partial charge in [-0.25, -0.2) is 0 Å². The second-order valence-electron chi connectivity index (χ2n) is 7.39. The average molecular weight is 458 g/mol. The number of thioether (sulfide) groups is 1. The van der Waals surface area contributed by atoms with Crippen LogP contribution >= 0.6 is 11.8 Å². The smallest absolute Gasteiger partial charge is 0.326 e. The van der Waals surface area contributed by atoms with Crippen LogP contribution in [0.1, 0.15) is 37.2 Å². The normalized spacial score (nSPS) is 16.0. The highest BCUT2D eigenvalue weighted by atomic mass is 32.2. The fourth-order valence-electron chi connectivity index (χ4n) is 2.96. The molecule has 0 saturated carbocycles. The highest BCUT2D eigenvalue weighted by Crippen LogP contribution is 2.36. The number of imide groups is 1. The van der Waals surface area contributed by atoms with E-state index in [0.29, 0.717) is 23.7 Å². The molecule has 0 spiro atoms. The van der Waals surface area contributed by atoms with Crippen LogP contribution in [0, 0.1) is 24.0 Å². The Morgan fingerprint density at radius 3 is 2.62 bits per heavy atom. The first kappa shape index (κ1) is 23.3. The van der Waals surface area contributed by atoms with E-state index in [1.54, 1.807) is 32.0 Å². The number of carbonyl (C=O) groups is 3. The maximum absolute atomic E-state index is 12.6. The molecule has 0 N–H and O–H groups in total. The molecular formula is C22H22N2O7S. The summed E-state index contributed by atoms with van der Waals surface area (Å²) in [7, 11) is 0. The molecule has 1 saturated heterocycles. The number of hydrogen-bond donors (Lipinski definition) is 0. The molecule has 2 heterocycles. The van der Waals surface area contributed by atoms with E-state index in [1.807, 2.05) is 13.8 Å². The Morgan fingerprint density at radius 2 is 1.97 bits per heavy atom. The van der Waals surface area contributed by atoms with Crippen molar-refractivity contribution >= 4 is 40.6 Å². The van der Waals surface area contributed by atoms with Gasteiger partial charge in [-0.2, -0.15) is 0 Å². The van der Waals surface area contributed by atoms with Gasteiger partial charge in [0.25, 0.3) is 16.8 Å². The Hall–Kier alpha value is -3.40. The van der Waals surface area contributed by atoms with E-state index in [2.05, 4.69) is 0 Å². The first-order valence-corrected chi connectivity index (χ1v) is 10.7. The number of furan rings is 1. The zero-order valence-electron chi connectivity index (χ0n) is 18.0. The minimum Gasteiger partial charge on any atom is -0.461 e. The monoisotopic (exact) mass is 458 g/mol. The number of esters is 1. The lowest BCUT2D eigenvalue weighted by Gasteiger charge is -2.14. The topological polar surface area (TPSA) is 120 Å². The van der Waals surface area contributed by atoms with Crippen molar-refractivity contribution in [2.45, 2.75) is 40.2 Å². The average Bonchev–Trinajstić information content (AvgIpc) is 3.29. The van der Waals surface area contributed by atoms with Gasteiger partial charge in [0.05, 0.1) is 21.5 Å². The lowest BCUT2D eigenvalue weighted by Crippen LogP contribution is -2.35. The van der Waals surface area contributed by atoms with Crippen LogP contribution in [0.2, 0.25) is 0 Å². The molecule has 1 atom stereocenters. The third kappa shape index (κ3) is 4.91. The quantitative estimate of drug-likeness (QED) is 0.250. The summed E-state index contributed by atoms with van der Waals surface area (Å²) in [6.45, 7) is 6.73. The maximum atomic E-state index is 12.6. The molecule has 10 heteroatoms. The number of aryl methyl sites for hydroxylation is 2. The zero-order valence-corrected chi connectivity index (χ0v) is 18.9. The van der Waals surface area contributed by atoms with E-state index in [4.69, 9.17) is 9.15 Å². The van der Waals surface area contributed by atoms with Crippen molar-refractivity contribution in [2.24, 2.45) is 0 Å². The number of ether oxygens (including phenoxy) is 1. The molecule has 2 amide bonds. The molecule has 2 aromatic rings. The van der Waals surface area contributed by atoms with Crippen molar-refractivity contribution in [1.82, 2.24) is 4.90 Å². The summed E-state index contributed by atoms with van der Waals surface area (Å²) in [6, 6.07) is 6.28. The number of hydrogen-bond acceptors (Lipinski definition) is 8. The Kier molecular flexibility index (Phi) is 6.83. The number of carbonyl (C=O) groups excluding carboxylic acids is 3. The first-order valence-electron chi connectivity index (χ1n) is 9.91. The molecular weight excluding hydrogens is 436 g/mol. The van der Waals surface area contributed by atoms with E-state index >= 15 is 0 Å². The third-order valence-electron chi connectivity index (χ3n) is 5.04. The van der Waals surface area contributed by atoms with Crippen molar-refractivity contribution in [3.8, 4) is 11.3 Å². The Labute approximate surface area is 188 Å². The van der Waals surface area contributed by atoms with Gasteiger partial charge in [-0.05, 0) is 68.3 Å². The largest absolute Gasteiger partial charge is 0.461 e. The molecule has 9 nitrogen and oxygen atoms in total. The third-order valence-corrected chi connectivity index (χ3v) is 5.95. The van der Waals surface area contributed by atoms with Gasteiger partial charge in [-0.15, -0.1) is 0 Å². The number of nitro benzene ring substituents is 1. The lowest BCUT2D eigenvalue weighted by atomic mass is 10.0. The standard InChI is InChI=1S/C22H22N2O7S/c1-5-14(4)30-20(25)11-23-21(26)19(32-22(23)27)10-15-6-7-18(31-15)16-8-12(2)13(3)9-17(16)24(28)29/h6-10,14H,5,11H2,1-4H3/b19-10-/t14-/m1/s1. The number of benzene rings is 1. The van der Waals surface area contributed by atoms with Crippen molar-refractivity contribution in [3.05, 3.63) is 56.2 Å².